The third-order valence-corrected chi connectivity index (χ3v) is 3.23. The van der Waals surface area contributed by atoms with E-state index < -0.39 is 0 Å². The third kappa shape index (κ3) is 3.50. The first-order valence-electron chi connectivity index (χ1n) is 5.39. The van der Waals surface area contributed by atoms with Crippen molar-refractivity contribution in [2.24, 2.45) is 0 Å². The molecule has 0 atom stereocenters. The minimum Gasteiger partial charge on any atom is -0.310 e. The van der Waals surface area contributed by atoms with Gasteiger partial charge in [-0.25, -0.2) is 0 Å². The highest BCUT2D eigenvalue weighted by Gasteiger charge is 2.13. The van der Waals surface area contributed by atoms with Gasteiger partial charge in [-0.3, -0.25) is 4.68 Å². The number of hydrogen-bond donors (Lipinski definition) is 1. The van der Waals surface area contributed by atoms with Crippen LogP contribution in [0.2, 0.25) is 5.02 Å². The lowest BCUT2D eigenvalue weighted by molar-refractivity contribution is 0.362. The molecule has 0 bridgehead atoms. The lowest BCUT2D eigenvalue weighted by Gasteiger charge is -2.24. The molecule has 1 rings (SSSR count). The van der Waals surface area contributed by atoms with Gasteiger partial charge < -0.3 is 5.32 Å². The van der Waals surface area contributed by atoms with Crippen molar-refractivity contribution in [1.82, 2.24) is 15.1 Å². The minimum atomic E-state index is 0.199. The molecule has 0 saturated heterocycles. The average Bonchev–Trinajstić information content (AvgIpc) is 2.49. The quantitative estimate of drug-likeness (QED) is 0.841. The van der Waals surface area contributed by atoms with E-state index in [9.17, 15) is 0 Å². The molecular formula is C11H20ClN3. The van der Waals surface area contributed by atoms with Crippen LogP contribution in [0.3, 0.4) is 0 Å². The molecule has 0 fully saturated rings. The van der Waals surface area contributed by atoms with E-state index in [-0.39, 0.29) is 5.54 Å². The van der Waals surface area contributed by atoms with Crippen LogP contribution >= 0.6 is 11.6 Å². The van der Waals surface area contributed by atoms with Gasteiger partial charge in [-0.15, -0.1) is 0 Å². The Morgan fingerprint density at radius 1 is 1.53 bits per heavy atom. The first kappa shape index (κ1) is 12.5. The third-order valence-electron chi connectivity index (χ3n) is 2.85. The molecule has 86 valence electrons. The molecule has 15 heavy (non-hydrogen) atoms. The van der Waals surface area contributed by atoms with Gasteiger partial charge in [0.05, 0.1) is 23.5 Å². The summed E-state index contributed by atoms with van der Waals surface area (Å²) in [5, 5.41) is 8.44. The van der Waals surface area contributed by atoms with Gasteiger partial charge in [-0.05, 0) is 27.2 Å². The van der Waals surface area contributed by atoms with E-state index in [4.69, 9.17) is 11.6 Å². The molecule has 1 aromatic heterocycles. The van der Waals surface area contributed by atoms with Crippen LogP contribution in [0.15, 0.2) is 6.20 Å². The zero-order valence-electron chi connectivity index (χ0n) is 9.97. The molecule has 4 heteroatoms. The van der Waals surface area contributed by atoms with Gasteiger partial charge in [0.25, 0.3) is 0 Å². The Labute approximate surface area is 96.8 Å². The second kappa shape index (κ2) is 4.99. The van der Waals surface area contributed by atoms with Crippen LogP contribution in [0.1, 0.15) is 32.9 Å². The summed E-state index contributed by atoms with van der Waals surface area (Å²) < 4.78 is 1.93. The molecular weight excluding hydrogens is 210 g/mol. The number of nitrogens with one attached hydrogen (secondary N) is 1. The Morgan fingerprint density at radius 2 is 2.20 bits per heavy atom. The van der Waals surface area contributed by atoms with E-state index in [0.29, 0.717) is 0 Å². The molecule has 0 aromatic carbocycles. The maximum Gasteiger partial charge on any atom is 0.0814 e. The first-order chi connectivity index (χ1) is 6.96. The lowest BCUT2D eigenvalue weighted by atomic mass is 10.0. The molecule has 0 spiro atoms. The van der Waals surface area contributed by atoms with Gasteiger partial charge >= 0.3 is 0 Å². The summed E-state index contributed by atoms with van der Waals surface area (Å²) in [6.07, 6.45) is 2.81. The first-order valence-corrected chi connectivity index (χ1v) is 5.77. The van der Waals surface area contributed by atoms with E-state index >= 15 is 0 Å². The van der Waals surface area contributed by atoms with E-state index in [1.165, 1.54) is 0 Å². The van der Waals surface area contributed by atoms with Crippen LogP contribution in [0.5, 0.6) is 0 Å². The van der Waals surface area contributed by atoms with Gasteiger partial charge in [0.15, 0.2) is 0 Å². The highest BCUT2D eigenvalue weighted by atomic mass is 35.5. The number of nitrogens with zero attached hydrogens (tertiary/aromatic N) is 2. The zero-order chi connectivity index (χ0) is 11.5. The normalized spacial score (nSPS) is 12.1. The molecule has 0 unspecified atom stereocenters. The highest BCUT2D eigenvalue weighted by Crippen LogP contribution is 2.13. The summed E-state index contributed by atoms with van der Waals surface area (Å²) >= 11 is 5.92. The summed E-state index contributed by atoms with van der Waals surface area (Å²) in [7, 11) is 0. The number of aromatic nitrogens is 2. The minimum absolute atomic E-state index is 0.199. The fraction of sp³-hybridized carbons (Fsp3) is 0.727. The van der Waals surface area contributed by atoms with Gasteiger partial charge in [0.2, 0.25) is 0 Å². The second-order valence-electron chi connectivity index (χ2n) is 4.47. The molecule has 1 aromatic rings. The van der Waals surface area contributed by atoms with Gasteiger partial charge in [0, 0.05) is 12.1 Å². The molecule has 1 heterocycles. The Kier molecular flexibility index (Phi) is 4.17. The van der Waals surface area contributed by atoms with Crippen molar-refractivity contribution in [3.63, 3.8) is 0 Å². The van der Waals surface area contributed by atoms with Crippen LogP contribution in [0.25, 0.3) is 0 Å². The molecule has 0 aliphatic carbocycles. The fourth-order valence-electron chi connectivity index (χ4n) is 1.27. The van der Waals surface area contributed by atoms with E-state index in [0.717, 1.165) is 30.2 Å². The summed E-state index contributed by atoms with van der Waals surface area (Å²) in [5.74, 6) is 0. The Hall–Kier alpha value is -0.540. The van der Waals surface area contributed by atoms with Gasteiger partial charge in [0.1, 0.15) is 0 Å². The second-order valence-corrected chi connectivity index (χ2v) is 4.87. The Balaban J connectivity index is 2.42. The SMILES string of the molecule is CCC(C)(C)NCCn1ncc(Cl)c1C. The fourth-order valence-corrected chi connectivity index (χ4v) is 1.42. The summed E-state index contributed by atoms with van der Waals surface area (Å²) in [6, 6.07) is 0. The number of halogens is 1. The molecule has 3 nitrogen and oxygen atoms in total. The monoisotopic (exact) mass is 229 g/mol. The molecule has 0 radical (unpaired) electrons. The lowest BCUT2D eigenvalue weighted by Crippen LogP contribution is -2.40. The molecule has 0 saturated carbocycles. The van der Waals surface area contributed by atoms with E-state index in [1.54, 1.807) is 6.20 Å². The van der Waals surface area contributed by atoms with Crippen molar-refractivity contribution in [1.29, 1.82) is 0 Å². The summed E-state index contributed by atoms with van der Waals surface area (Å²) in [4.78, 5) is 0. The van der Waals surface area contributed by atoms with Crippen LogP contribution in [0.4, 0.5) is 0 Å². The number of rotatable bonds is 5. The van der Waals surface area contributed by atoms with Gasteiger partial charge in [-0.1, -0.05) is 18.5 Å². The maximum absolute atomic E-state index is 5.92. The molecule has 0 amide bonds. The molecule has 0 aliphatic heterocycles. The van der Waals surface area contributed by atoms with Crippen molar-refractivity contribution in [3.05, 3.63) is 16.9 Å². The molecule has 0 aliphatic rings. The Bertz CT molecular complexity index is 318. The topological polar surface area (TPSA) is 29.9 Å². The van der Waals surface area contributed by atoms with Crippen molar-refractivity contribution in [2.75, 3.05) is 6.54 Å². The van der Waals surface area contributed by atoms with E-state index in [2.05, 4.69) is 31.2 Å². The van der Waals surface area contributed by atoms with E-state index in [1.807, 2.05) is 11.6 Å². The van der Waals surface area contributed by atoms with Crippen molar-refractivity contribution >= 4 is 11.6 Å². The Morgan fingerprint density at radius 3 is 2.67 bits per heavy atom. The van der Waals surface area contributed by atoms with Crippen LogP contribution in [-0.2, 0) is 6.54 Å². The summed E-state index contributed by atoms with van der Waals surface area (Å²) in [5.41, 5.74) is 1.23. The summed E-state index contributed by atoms with van der Waals surface area (Å²) in [6.45, 7) is 10.4. The van der Waals surface area contributed by atoms with Crippen molar-refractivity contribution in [2.45, 2.75) is 46.2 Å². The predicted octanol–water partition coefficient (Wildman–Crippen LogP) is 2.62. The smallest absolute Gasteiger partial charge is 0.0814 e. The predicted molar refractivity (Wildman–Crippen MR) is 64.3 cm³/mol. The van der Waals surface area contributed by atoms with Gasteiger partial charge in [-0.2, -0.15) is 5.10 Å². The van der Waals surface area contributed by atoms with Crippen molar-refractivity contribution < 1.29 is 0 Å². The van der Waals surface area contributed by atoms with Crippen LogP contribution < -0.4 is 5.32 Å². The average molecular weight is 230 g/mol. The van der Waals surface area contributed by atoms with Crippen molar-refractivity contribution in [3.8, 4) is 0 Å². The maximum atomic E-state index is 5.92. The van der Waals surface area contributed by atoms with Crippen LogP contribution in [-0.4, -0.2) is 21.9 Å². The standard InChI is InChI=1S/C11H20ClN3/c1-5-11(3,4)13-6-7-15-9(2)10(12)8-14-15/h8,13H,5-7H2,1-4H3. The zero-order valence-corrected chi connectivity index (χ0v) is 10.7. The molecule has 1 N–H and O–H groups in total. The van der Waals surface area contributed by atoms with Crippen LogP contribution in [0, 0.1) is 6.92 Å². The number of hydrogen-bond acceptors (Lipinski definition) is 2. The highest BCUT2D eigenvalue weighted by molar-refractivity contribution is 6.31. The largest absolute Gasteiger partial charge is 0.310 e.